The summed E-state index contributed by atoms with van der Waals surface area (Å²) in [5, 5.41) is 0. The Morgan fingerprint density at radius 1 is 1.06 bits per heavy atom. The highest BCUT2D eigenvalue weighted by atomic mass is 15.3. The first-order valence-electron chi connectivity index (χ1n) is 6.42. The van der Waals surface area contributed by atoms with Crippen molar-refractivity contribution in [3.63, 3.8) is 0 Å². The first kappa shape index (κ1) is 13.9. The van der Waals surface area contributed by atoms with Gasteiger partial charge in [0.25, 0.3) is 0 Å². The van der Waals surface area contributed by atoms with Crippen molar-refractivity contribution in [2.24, 2.45) is 0 Å². The van der Waals surface area contributed by atoms with Crippen molar-refractivity contribution in [3.05, 3.63) is 18.5 Å². The van der Waals surface area contributed by atoms with Crippen molar-refractivity contribution in [2.75, 3.05) is 25.0 Å². The van der Waals surface area contributed by atoms with Gasteiger partial charge in [0.2, 0.25) is 5.95 Å². The molecular formula is C13H24N4. The molecule has 0 aromatic carbocycles. The Morgan fingerprint density at radius 2 is 1.53 bits per heavy atom. The van der Waals surface area contributed by atoms with Crippen LogP contribution in [-0.4, -0.2) is 47.1 Å². The quantitative estimate of drug-likeness (QED) is 0.747. The van der Waals surface area contributed by atoms with Crippen molar-refractivity contribution < 1.29 is 0 Å². The molecule has 0 amide bonds. The smallest absolute Gasteiger partial charge is 0.225 e. The number of rotatable bonds is 1. The number of anilines is 1. The average Bonchev–Trinajstić information content (AvgIpc) is 2.39. The van der Waals surface area contributed by atoms with E-state index in [9.17, 15) is 0 Å². The van der Waals surface area contributed by atoms with Gasteiger partial charge in [0.05, 0.1) is 0 Å². The van der Waals surface area contributed by atoms with Gasteiger partial charge >= 0.3 is 0 Å². The van der Waals surface area contributed by atoms with E-state index in [1.54, 1.807) is 12.4 Å². The Kier molecular flexibility index (Phi) is 5.35. The first-order valence-corrected chi connectivity index (χ1v) is 6.42. The van der Waals surface area contributed by atoms with Crippen LogP contribution in [0.5, 0.6) is 0 Å². The minimum atomic E-state index is 0.553. The van der Waals surface area contributed by atoms with Crippen LogP contribution in [0.3, 0.4) is 0 Å². The molecule has 0 N–H and O–H groups in total. The normalized spacial score (nSPS) is 25.1. The summed E-state index contributed by atoms with van der Waals surface area (Å²) in [5.74, 6) is 0.851. The van der Waals surface area contributed by atoms with Gasteiger partial charge < -0.3 is 4.90 Å². The lowest BCUT2D eigenvalue weighted by Crippen LogP contribution is -2.55. The molecule has 0 aliphatic carbocycles. The van der Waals surface area contributed by atoms with E-state index in [0.29, 0.717) is 12.1 Å². The minimum absolute atomic E-state index is 0.553. The minimum Gasteiger partial charge on any atom is -0.338 e. The van der Waals surface area contributed by atoms with Crippen LogP contribution >= 0.6 is 0 Å². The molecule has 4 heteroatoms. The molecule has 1 aliphatic heterocycles. The topological polar surface area (TPSA) is 32.3 Å². The van der Waals surface area contributed by atoms with Crippen molar-refractivity contribution in [1.29, 1.82) is 0 Å². The molecule has 2 rings (SSSR count). The zero-order valence-electron chi connectivity index (χ0n) is 11.6. The van der Waals surface area contributed by atoms with Crippen molar-refractivity contribution in [1.82, 2.24) is 14.9 Å². The molecule has 1 aromatic rings. The Hall–Kier alpha value is -1.16. The zero-order chi connectivity index (χ0) is 12.8. The molecule has 4 nitrogen and oxygen atoms in total. The number of piperazine rings is 1. The third-order valence-corrected chi connectivity index (χ3v) is 3.19. The Labute approximate surface area is 105 Å². The van der Waals surface area contributed by atoms with Crippen LogP contribution in [0, 0.1) is 0 Å². The van der Waals surface area contributed by atoms with Gasteiger partial charge in [-0.05, 0) is 27.0 Å². The maximum Gasteiger partial charge on any atom is 0.225 e. The van der Waals surface area contributed by atoms with Crippen LogP contribution in [0.1, 0.15) is 27.7 Å². The van der Waals surface area contributed by atoms with E-state index >= 15 is 0 Å². The van der Waals surface area contributed by atoms with Gasteiger partial charge in [-0.2, -0.15) is 0 Å². The lowest BCUT2D eigenvalue weighted by molar-refractivity contribution is 0.169. The van der Waals surface area contributed by atoms with Crippen LogP contribution < -0.4 is 4.90 Å². The fourth-order valence-corrected chi connectivity index (χ4v) is 2.02. The van der Waals surface area contributed by atoms with Gasteiger partial charge in [0.1, 0.15) is 0 Å². The number of likely N-dealkylation sites (N-methyl/N-ethyl adjacent to an activating group) is 1. The maximum absolute atomic E-state index is 4.29. The number of aromatic nitrogens is 2. The molecule has 0 radical (unpaired) electrons. The third-order valence-electron chi connectivity index (χ3n) is 3.19. The molecule has 1 saturated heterocycles. The Balaban J connectivity index is 0.000000686. The second kappa shape index (κ2) is 6.55. The predicted molar refractivity (Wildman–Crippen MR) is 72.3 cm³/mol. The largest absolute Gasteiger partial charge is 0.338 e. The fraction of sp³-hybridized carbons (Fsp3) is 0.692. The van der Waals surface area contributed by atoms with Crippen molar-refractivity contribution >= 4 is 5.95 Å². The summed E-state index contributed by atoms with van der Waals surface area (Å²) in [4.78, 5) is 13.2. The molecular weight excluding hydrogens is 212 g/mol. The SMILES string of the molecule is CC.CC1CN(c2ncccn2)CC(C)N1C. The molecule has 0 bridgehead atoms. The van der Waals surface area contributed by atoms with Gasteiger partial charge in [-0.25, -0.2) is 9.97 Å². The molecule has 0 saturated carbocycles. The van der Waals surface area contributed by atoms with Gasteiger partial charge in [0, 0.05) is 37.6 Å². The zero-order valence-corrected chi connectivity index (χ0v) is 11.6. The summed E-state index contributed by atoms with van der Waals surface area (Å²) in [6.07, 6.45) is 3.60. The van der Waals surface area contributed by atoms with E-state index in [1.807, 2.05) is 19.9 Å². The molecule has 2 heterocycles. The van der Waals surface area contributed by atoms with E-state index in [4.69, 9.17) is 0 Å². The Morgan fingerprint density at radius 3 is 2.00 bits per heavy atom. The van der Waals surface area contributed by atoms with Crippen LogP contribution in [0.15, 0.2) is 18.5 Å². The van der Waals surface area contributed by atoms with Gasteiger partial charge in [0.15, 0.2) is 0 Å². The molecule has 2 atom stereocenters. The van der Waals surface area contributed by atoms with Crippen LogP contribution in [0.2, 0.25) is 0 Å². The highest BCUT2D eigenvalue weighted by molar-refractivity contribution is 5.30. The maximum atomic E-state index is 4.29. The number of nitrogens with zero attached hydrogens (tertiary/aromatic N) is 4. The number of hydrogen-bond acceptors (Lipinski definition) is 4. The highest BCUT2D eigenvalue weighted by Gasteiger charge is 2.27. The number of hydrogen-bond donors (Lipinski definition) is 0. The standard InChI is InChI=1S/C11H18N4.C2H6/c1-9-7-15(8-10(2)14(9)3)11-12-5-4-6-13-11;1-2/h4-6,9-10H,7-8H2,1-3H3;1-2H3. The lowest BCUT2D eigenvalue weighted by Gasteiger charge is -2.42. The van der Waals surface area contributed by atoms with Crippen LogP contribution in [0.4, 0.5) is 5.95 Å². The highest BCUT2D eigenvalue weighted by Crippen LogP contribution is 2.16. The van der Waals surface area contributed by atoms with Crippen LogP contribution in [-0.2, 0) is 0 Å². The monoisotopic (exact) mass is 236 g/mol. The van der Waals surface area contributed by atoms with Crippen molar-refractivity contribution in [3.8, 4) is 0 Å². The molecule has 0 spiro atoms. The summed E-state index contributed by atoms with van der Waals surface area (Å²) in [6, 6.07) is 2.96. The van der Waals surface area contributed by atoms with E-state index in [2.05, 4.69) is 40.7 Å². The average molecular weight is 236 g/mol. The fourth-order valence-electron chi connectivity index (χ4n) is 2.02. The molecule has 1 aliphatic rings. The van der Waals surface area contributed by atoms with Crippen LogP contribution in [0.25, 0.3) is 0 Å². The first-order chi connectivity index (χ1) is 8.18. The Bertz CT molecular complexity index is 302. The van der Waals surface area contributed by atoms with E-state index in [0.717, 1.165) is 19.0 Å². The summed E-state index contributed by atoms with van der Waals surface area (Å²) < 4.78 is 0. The lowest BCUT2D eigenvalue weighted by atomic mass is 10.1. The summed E-state index contributed by atoms with van der Waals surface area (Å²) in [5.41, 5.74) is 0. The second-order valence-electron chi connectivity index (χ2n) is 4.32. The van der Waals surface area contributed by atoms with E-state index < -0.39 is 0 Å². The van der Waals surface area contributed by atoms with Gasteiger partial charge in [-0.15, -0.1) is 0 Å². The molecule has 2 unspecified atom stereocenters. The van der Waals surface area contributed by atoms with Gasteiger partial charge in [-0.3, -0.25) is 4.90 Å². The third kappa shape index (κ3) is 3.40. The molecule has 1 fully saturated rings. The van der Waals surface area contributed by atoms with E-state index in [-0.39, 0.29) is 0 Å². The van der Waals surface area contributed by atoms with Crippen molar-refractivity contribution in [2.45, 2.75) is 39.8 Å². The van der Waals surface area contributed by atoms with Gasteiger partial charge in [-0.1, -0.05) is 13.8 Å². The molecule has 96 valence electrons. The summed E-state index contributed by atoms with van der Waals surface area (Å²) in [7, 11) is 2.18. The summed E-state index contributed by atoms with van der Waals surface area (Å²) in [6.45, 7) is 10.5. The molecule has 17 heavy (non-hydrogen) atoms. The predicted octanol–water partition coefficient (Wildman–Crippen LogP) is 2.03. The van der Waals surface area contributed by atoms with E-state index in [1.165, 1.54) is 0 Å². The molecule has 1 aromatic heterocycles. The second-order valence-corrected chi connectivity index (χ2v) is 4.32. The summed E-state index contributed by atoms with van der Waals surface area (Å²) >= 11 is 0.